The van der Waals surface area contributed by atoms with Crippen molar-refractivity contribution in [2.24, 2.45) is 0 Å². The second-order valence-corrected chi connectivity index (χ2v) is 8.11. The molecule has 8 nitrogen and oxygen atoms in total. The average molecular weight is 452 g/mol. The van der Waals surface area contributed by atoms with Gasteiger partial charge in [0.1, 0.15) is 23.6 Å². The third kappa shape index (κ3) is 4.47. The molecule has 8 heteroatoms. The van der Waals surface area contributed by atoms with Crippen molar-refractivity contribution in [3.63, 3.8) is 0 Å². The summed E-state index contributed by atoms with van der Waals surface area (Å²) >= 11 is 0. The number of aromatic nitrogens is 4. The van der Waals surface area contributed by atoms with Gasteiger partial charge in [0, 0.05) is 42.7 Å². The van der Waals surface area contributed by atoms with E-state index < -0.39 is 0 Å². The Morgan fingerprint density at radius 2 is 2.06 bits per heavy atom. The van der Waals surface area contributed by atoms with Crippen molar-refractivity contribution in [2.75, 3.05) is 29.9 Å². The first-order valence-corrected chi connectivity index (χ1v) is 11.3. The van der Waals surface area contributed by atoms with Crippen molar-refractivity contribution < 1.29 is 4.79 Å². The summed E-state index contributed by atoms with van der Waals surface area (Å²) in [6.07, 6.45) is 6.24. The van der Waals surface area contributed by atoms with Crippen LogP contribution in [0.5, 0.6) is 0 Å². The minimum absolute atomic E-state index is 0.198. The second-order valence-electron chi connectivity index (χ2n) is 8.11. The van der Waals surface area contributed by atoms with Gasteiger partial charge in [-0.15, -0.1) is 5.92 Å². The molecule has 5 rings (SSSR count). The van der Waals surface area contributed by atoms with E-state index in [1.807, 2.05) is 49.5 Å². The van der Waals surface area contributed by atoms with Crippen molar-refractivity contribution in [3.8, 4) is 23.0 Å². The minimum atomic E-state index is -0.198. The summed E-state index contributed by atoms with van der Waals surface area (Å²) in [4.78, 5) is 31.4. The van der Waals surface area contributed by atoms with Gasteiger partial charge in [0.25, 0.3) is 5.91 Å². The molecular formula is C26H25N7O. The number of amides is 1. The van der Waals surface area contributed by atoms with E-state index in [0.717, 1.165) is 47.5 Å². The SMILES string of the molecule is CC#CCN[C@@H]1CCN(c2ncnc3[nH]cc(-c4ccc(C(=O)Nc5ccccn5)cc4)c23)C1. The molecular weight excluding hydrogens is 426 g/mol. The Hall–Kier alpha value is -4.22. The van der Waals surface area contributed by atoms with Crippen molar-refractivity contribution in [1.29, 1.82) is 0 Å². The molecule has 3 N–H and O–H groups in total. The smallest absolute Gasteiger partial charge is 0.256 e. The van der Waals surface area contributed by atoms with Gasteiger partial charge in [-0.1, -0.05) is 24.1 Å². The van der Waals surface area contributed by atoms with E-state index in [1.54, 1.807) is 18.6 Å². The fourth-order valence-corrected chi connectivity index (χ4v) is 4.24. The van der Waals surface area contributed by atoms with Crippen LogP contribution in [-0.2, 0) is 0 Å². The standard InChI is InChI=1S/C26H25N7O/c1-2-3-12-27-20-11-14-33(16-20)25-23-21(15-29-24(23)30-17-31-25)18-7-9-19(10-8-18)26(34)32-22-6-4-5-13-28-22/h4-10,13,15,17,20,27H,11-12,14,16H2,1H3,(H,28,32,34)(H,29,30,31)/t20-/m1/s1. The maximum Gasteiger partial charge on any atom is 0.256 e. The first-order valence-electron chi connectivity index (χ1n) is 11.3. The number of rotatable bonds is 6. The number of fused-ring (bicyclic) bond motifs is 1. The van der Waals surface area contributed by atoms with Gasteiger partial charge in [-0.2, -0.15) is 0 Å². The van der Waals surface area contributed by atoms with Crippen molar-refractivity contribution >= 4 is 28.6 Å². The van der Waals surface area contributed by atoms with Crippen LogP contribution in [0.2, 0.25) is 0 Å². The Morgan fingerprint density at radius 1 is 1.18 bits per heavy atom. The van der Waals surface area contributed by atoms with Crippen LogP contribution in [0, 0.1) is 11.8 Å². The predicted molar refractivity (Wildman–Crippen MR) is 134 cm³/mol. The zero-order chi connectivity index (χ0) is 23.3. The quantitative estimate of drug-likeness (QED) is 0.388. The fraction of sp³-hybridized carbons (Fsp3) is 0.231. The van der Waals surface area contributed by atoms with E-state index in [0.29, 0.717) is 24.0 Å². The third-order valence-corrected chi connectivity index (χ3v) is 5.96. The molecule has 0 radical (unpaired) electrons. The van der Waals surface area contributed by atoms with E-state index in [1.165, 1.54) is 0 Å². The first kappa shape index (κ1) is 21.6. The molecule has 1 atom stereocenters. The Morgan fingerprint density at radius 3 is 2.85 bits per heavy atom. The normalized spacial score (nSPS) is 15.2. The molecule has 4 heterocycles. The molecule has 0 saturated carbocycles. The molecule has 0 unspecified atom stereocenters. The van der Waals surface area contributed by atoms with Crippen LogP contribution in [0.4, 0.5) is 11.6 Å². The summed E-state index contributed by atoms with van der Waals surface area (Å²) in [6.45, 7) is 4.34. The molecule has 1 saturated heterocycles. The van der Waals surface area contributed by atoms with Crippen LogP contribution in [-0.4, -0.2) is 51.5 Å². The van der Waals surface area contributed by atoms with Crippen LogP contribution < -0.4 is 15.5 Å². The number of hydrogen-bond acceptors (Lipinski definition) is 6. The number of pyridine rings is 1. The molecule has 170 valence electrons. The lowest BCUT2D eigenvalue weighted by Crippen LogP contribution is -2.33. The molecule has 1 amide bonds. The summed E-state index contributed by atoms with van der Waals surface area (Å²) in [7, 11) is 0. The van der Waals surface area contributed by atoms with Crippen LogP contribution in [0.1, 0.15) is 23.7 Å². The number of hydrogen-bond donors (Lipinski definition) is 3. The average Bonchev–Trinajstić information content (AvgIpc) is 3.52. The predicted octanol–water partition coefficient (Wildman–Crippen LogP) is 3.46. The van der Waals surface area contributed by atoms with Crippen molar-refractivity contribution in [3.05, 3.63) is 66.7 Å². The fourth-order valence-electron chi connectivity index (χ4n) is 4.24. The number of anilines is 2. The van der Waals surface area contributed by atoms with Crippen LogP contribution in [0.25, 0.3) is 22.2 Å². The summed E-state index contributed by atoms with van der Waals surface area (Å²) in [5.74, 6) is 7.24. The zero-order valence-electron chi connectivity index (χ0n) is 18.9. The monoisotopic (exact) mass is 451 g/mol. The molecule has 34 heavy (non-hydrogen) atoms. The number of nitrogens with zero attached hydrogens (tertiary/aromatic N) is 4. The number of H-pyrrole nitrogens is 1. The van der Waals surface area contributed by atoms with Crippen molar-refractivity contribution in [1.82, 2.24) is 25.3 Å². The summed E-state index contributed by atoms with van der Waals surface area (Å²) in [5.41, 5.74) is 3.36. The van der Waals surface area contributed by atoms with E-state index in [-0.39, 0.29) is 5.91 Å². The topological polar surface area (TPSA) is 98.8 Å². The molecule has 1 fully saturated rings. The van der Waals surface area contributed by atoms with E-state index >= 15 is 0 Å². The third-order valence-electron chi connectivity index (χ3n) is 5.96. The Balaban J connectivity index is 1.38. The summed E-state index contributed by atoms with van der Waals surface area (Å²) in [5, 5.41) is 7.30. The lowest BCUT2D eigenvalue weighted by atomic mass is 10.0. The van der Waals surface area contributed by atoms with E-state index in [2.05, 4.69) is 47.3 Å². The van der Waals surface area contributed by atoms with Gasteiger partial charge in [-0.3, -0.25) is 4.79 Å². The van der Waals surface area contributed by atoms with Crippen LogP contribution in [0.15, 0.2) is 61.2 Å². The zero-order valence-corrected chi connectivity index (χ0v) is 18.9. The van der Waals surface area contributed by atoms with Gasteiger partial charge in [-0.05, 0) is 43.2 Å². The molecule has 3 aromatic heterocycles. The first-order chi connectivity index (χ1) is 16.7. The van der Waals surface area contributed by atoms with Gasteiger partial charge in [-0.25, -0.2) is 15.0 Å². The maximum atomic E-state index is 12.6. The summed E-state index contributed by atoms with van der Waals surface area (Å²) in [6, 6.07) is 13.3. The van der Waals surface area contributed by atoms with Gasteiger partial charge in [0.2, 0.25) is 0 Å². The highest BCUT2D eigenvalue weighted by molar-refractivity contribution is 6.05. The highest BCUT2D eigenvalue weighted by Gasteiger charge is 2.26. The van der Waals surface area contributed by atoms with E-state index in [9.17, 15) is 4.79 Å². The highest BCUT2D eigenvalue weighted by atomic mass is 16.1. The molecule has 0 aliphatic carbocycles. The number of carbonyl (C=O) groups excluding carboxylic acids is 1. The second kappa shape index (κ2) is 9.73. The van der Waals surface area contributed by atoms with Gasteiger partial charge < -0.3 is 20.5 Å². The molecule has 0 spiro atoms. The Bertz CT molecular complexity index is 1350. The number of benzene rings is 1. The van der Waals surface area contributed by atoms with Gasteiger partial charge >= 0.3 is 0 Å². The van der Waals surface area contributed by atoms with Gasteiger partial charge in [0.15, 0.2) is 0 Å². The molecule has 4 aromatic rings. The minimum Gasteiger partial charge on any atom is -0.354 e. The Labute approximate surface area is 197 Å². The lowest BCUT2D eigenvalue weighted by Gasteiger charge is -2.19. The summed E-state index contributed by atoms with van der Waals surface area (Å²) < 4.78 is 0. The highest BCUT2D eigenvalue weighted by Crippen LogP contribution is 2.35. The lowest BCUT2D eigenvalue weighted by molar-refractivity contribution is 0.102. The van der Waals surface area contributed by atoms with E-state index in [4.69, 9.17) is 0 Å². The molecule has 0 bridgehead atoms. The van der Waals surface area contributed by atoms with Crippen LogP contribution in [0.3, 0.4) is 0 Å². The largest absolute Gasteiger partial charge is 0.354 e. The van der Waals surface area contributed by atoms with Crippen LogP contribution >= 0.6 is 0 Å². The molecule has 1 aliphatic rings. The maximum absolute atomic E-state index is 12.6. The van der Waals surface area contributed by atoms with Crippen molar-refractivity contribution in [2.45, 2.75) is 19.4 Å². The Kier molecular flexibility index (Phi) is 6.19. The number of nitrogens with one attached hydrogen (secondary N) is 3. The number of carbonyl (C=O) groups is 1. The molecule has 1 aliphatic heterocycles. The molecule has 1 aromatic carbocycles. The van der Waals surface area contributed by atoms with Gasteiger partial charge in [0.05, 0.1) is 11.9 Å². The number of aromatic amines is 1.